The number of aromatic nitrogens is 1. The Labute approximate surface area is 79.4 Å². The van der Waals surface area contributed by atoms with Crippen LogP contribution in [-0.2, 0) is 0 Å². The summed E-state index contributed by atoms with van der Waals surface area (Å²) in [5.74, 6) is 0.0613. The predicted molar refractivity (Wildman–Crippen MR) is 51.7 cm³/mol. The smallest absolute Gasteiger partial charge is 0.420 e. The summed E-state index contributed by atoms with van der Waals surface area (Å²) in [4.78, 5) is 2.58. The maximum absolute atomic E-state index is 11.6. The topological polar surface area (TPSA) is 75.7 Å². The Bertz CT molecular complexity index is 531. The second kappa shape index (κ2) is 3.24. The lowest BCUT2D eigenvalue weighted by Crippen LogP contribution is -2.26. The largest absolute Gasteiger partial charge is 0.710 e. The highest BCUT2D eigenvalue weighted by Crippen LogP contribution is 2.14. The predicted octanol–water partition coefficient (Wildman–Crippen LogP) is 2.42. The molecular weight excluding hydrogens is 180 g/mol. The number of fused-ring (bicyclic) bond motifs is 1. The Kier molecular flexibility index (Phi) is 1.93. The summed E-state index contributed by atoms with van der Waals surface area (Å²) < 4.78 is 0.620. The fraction of sp³-hybridized carbons (Fsp3) is 0. The molecule has 1 aromatic carbocycles. The van der Waals surface area contributed by atoms with Crippen molar-refractivity contribution < 1.29 is 4.73 Å². The highest BCUT2D eigenvalue weighted by molar-refractivity contribution is 5.76. The minimum Gasteiger partial charge on any atom is -0.710 e. The van der Waals surface area contributed by atoms with Gasteiger partial charge < -0.3 is 5.21 Å². The zero-order valence-electron chi connectivity index (χ0n) is 7.16. The van der Waals surface area contributed by atoms with Gasteiger partial charge in [-0.05, 0) is 12.1 Å². The standard InChI is InChI=1S/C9H6N4O/c10-12-11-9-6-5-7-3-1-2-4-8(7)13(9)14/h1-6H. The molecule has 14 heavy (non-hydrogen) atoms. The van der Waals surface area contributed by atoms with Crippen LogP contribution in [0.3, 0.4) is 0 Å². The maximum Gasteiger partial charge on any atom is 0.420 e. The van der Waals surface area contributed by atoms with Crippen LogP contribution in [0.25, 0.3) is 21.3 Å². The zero-order chi connectivity index (χ0) is 9.97. The van der Waals surface area contributed by atoms with E-state index in [0.717, 1.165) is 5.39 Å². The van der Waals surface area contributed by atoms with Crippen molar-refractivity contribution in [3.63, 3.8) is 0 Å². The van der Waals surface area contributed by atoms with E-state index in [0.29, 0.717) is 10.2 Å². The van der Waals surface area contributed by atoms with Crippen LogP contribution >= 0.6 is 0 Å². The van der Waals surface area contributed by atoms with Crippen LogP contribution in [0.2, 0.25) is 0 Å². The van der Waals surface area contributed by atoms with Crippen LogP contribution in [0.15, 0.2) is 41.5 Å². The average molecular weight is 186 g/mol. The number of azide groups is 1. The van der Waals surface area contributed by atoms with Gasteiger partial charge in [-0.2, -0.15) is 0 Å². The zero-order valence-corrected chi connectivity index (χ0v) is 7.16. The van der Waals surface area contributed by atoms with Gasteiger partial charge in [0.1, 0.15) is 5.52 Å². The van der Waals surface area contributed by atoms with E-state index in [1.54, 1.807) is 18.2 Å². The van der Waals surface area contributed by atoms with Gasteiger partial charge in [-0.25, -0.2) is 4.73 Å². The highest BCUT2D eigenvalue weighted by atomic mass is 16.5. The molecule has 2 rings (SSSR count). The number of benzene rings is 1. The quantitative estimate of drug-likeness (QED) is 0.221. The van der Waals surface area contributed by atoms with Gasteiger partial charge in [-0.1, -0.05) is 18.2 Å². The molecule has 0 radical (unpaired) electrons. The van der Waals surface area contributed by atoms with Crippen molar-refractivity contribution in [1.82, 2.24) is 0 Å². The monoisotopic (exact) mass is 186 g/mol. The molecule has 1 aromatic heterocycles. The number of hydrogen-bond acceptors (Lipinski definition) is 2. The van der Waals surface area contributed by atoms with Gasteiger partial charge in [-0.15, -0.1) is 0 Å². The molecule has 0 bridgehead atoms. The molecular formula is C9H6N4O. The van der Waals surface area contributed by atoms with Crippen LogP contribution in [0.4, 0.5) is 5.82 Å². The minimum absolute atomic E-state index is 0.0613. The molecule has 5 heteroatoms. The van der Waals surface area contributed by atoms with Crippen molar-refractivity contribution in [3.8, 4) is 0 Å². The Morgan fingerprint density at radius 3 is 2.79 bits per heavy atom. The summed E-state index contributed by atoms with van der Waals surface area (Å²) in [5.41, 5.74) is 8.72. The van der Waals surface area contributed by atoms with Gasteiger partial charge in [0.05, 0.1) is 0 Å². The minimum atomic E-state index is 0.0613. The molecule has 5 nitrogen and oxygen atoms in total. The number of pyridine rings is 1. The maximum atomic E-state index is 11.6. The molecule has 0 saturated heterocycles. The second-order valence-electron chi connectivity index (χ2n) is 2.73. The van der Waals surface area contributed by atoms with Gasteiger partial charge in [-0.3, -0.25) is 0 Å². The first-order valence-corrected chi connectivity index (χ1v) is 3.99. The number of nitrogens with zero attached hydrogens (tertiary/aromatic N) is 4. The van der Waals surface area contributed by atoms with E-state index in [2.05, 4.69) is 10.0 Å². The number of rotatable bonds is 1. The van der Waals surface area contributed by atoms with Crippen molar-refractivity contribution in [2.24, 2.45) is 5.11 Å². The van der Waals surface area contributed by atoms with Crippen molar-refractivity contribution in [2.75, 3.05) is 0 Å². The SMILES string of the molecule is [N-]=[N+]=Nc1ccc2ccccc2[n+]1[O-]. The summed E-state index contributed by atoms with van der Waals surface area (Å²) >= 11 is 0. The molecule has 0 spiro atoms. The second-order valence-corrected chi connectivity index (χ2v) is 2.73. The molecule has 0 aliphatic heterocycles. The molecule has 0 unspecified atom stereocenters. The van der Waals surface area contributed by atoms with Crippen molar-refractivity contribution in [3.05, 3.63) is 52.0 Å². The molecule has 1 heterocycles. The number of hydrogen-bond donors (Lipinski definition) is 0. The van der Waals surface area contributed by atoms with Gasteiger partial charge in [0.2, 0.25) is 4.91 Å². The van der Waals surface area contributed by atoms with E-state index < -0.39 is 0 Å². The van der Waals surface area contributed by atoms with E-state index in [9.17, 15) is 5.21 Å². The molecule has 0 N–H and O–H groups in total. The van der Waals surface area contributed by atoms with Crippen molar-refractivity contribution in [2.45, 2.75) is 0 Å². The first-order chi connectivity index (χ1) is 6.83. The average Bonchev–Trinajstić information content (AvgIpc) is 2.23. The van der Waals surface area contributed by atoms with Crippen molar-refractivity contribution in [1.29, 1.82) is 0 Å². The summed E-state index contributed by atoms with van der Waals surface area (Å²) in [6.45, 7) is 0. The summed E-state index contributed by atoms with van der Waals surface area (Å²) in [6, 6.07) is 10.3. The molecule has 68 valence electrons. The Morgan fingerprint density at radius 1 is 1.21 bits per heavy atom. The molecule has 0 atom stereocenters. The lowest BCUT2D eigenvalue weighted by molar-refractivity contribution is -0.563. The van der Waals surface area contributed by atoms with Crippen LogP contribution < -0.4 is 4.73 Å². The van der Waals surface area contributed by atoms with E-state index in [-0.39, 0.29) is 5.82 Å². The first kappa shape index (κ1) is 8.34. The Hall–Kier alpha value is -2.26. The number of para-hydroxylation sites is 1. The molecule has 0 aliphatic carbocycles. The van der Waals surface area contributed by atoms with Gasteiger partial charge in [0, 0.05) is 17.0 Å². The summed E-state index contributed by atoms with van der Waals surface area (Å²) in [7, 11) is 0. The van der Waals surface area contributed by atoms with Crippen LogP contribution in [0, 0.1) is 5.21 Å². The summed E-state index contributed by atoms with van der Waals surface area (Å²) in [6.07, 6.45) is 0. The van der Waals surface area contributed by atoms with Crippen LogP contribution in [-0.4, -0.2) is 0 Å². The molecule has 0 aliphatic rings. The highest BCUT2D eigenvalue weighted by Gasteiger charge is 2.11. The fourth-order valence-corrected chi connectivity index (χ4v) is 1.29. The van der Waals surface area contributed by atoms with Crippen LogP contribution in [0.5, 0.6) is 0 Å². The molecule has 0 amide bonds. The lowest BCUT2D eigenvalue weighted by atomic mass is 10.2. The molecule has 2 aromatic rings. The van der Waals surface area contributed by atoms with E-state index in [1.807, 2.05) is 12.1 Å². The first-order valence-electron chi connectivity index (χ1n) is 3.99. The third kappa shape index (κ3) is 1.22. The van der Waals surface area contributed by atoms with Crippen molar-refractivity contribution >= 4 is 16.7 Å². The lowest BCUT2D eigenvalue weighted by Gasteiger charge is -2.04. The van der Waals surface area contributed by atoms with Gasteiger partial charge >= 0.3 is 10.9 Å². The normalized spacial score (nSPS) is 9.71. The van der Waals surface area contributed by atoms with E-state index >= 15 is 0 Å². The van der Waals surface area contributed by atoms with Gasteiger partial charge in [0.15, 0.2) is 0 Å². The Morgan fingerprint density at radius 2 is 2.00 bits per heavy atom. The third-order valence-electron chi connectivity index (χ3n) is 1.92. The Balaban J connectivity index is 2.81. The van der Waals surface area contributed by atoms with E-state index in [1.165, 1.54) is 6.07 Å². The third-order valence-corrected chi connectivity index (χ3v) is 1.92. The molecule has 0 saturated carbocycles. The molecule has 0 fully saturated rings. The van der Waals surface area contributed by atoms with Crippen LogP contribution in [0.1, 0.15) is 0 Å². The van der Waals surface area contributed by atoms with Gasteiger partial charge in [0.25, 0.3) is 0 Å². The fourth-order valence-electron chi connectivity index (χ4n) is 1.29. The summed E-state index contributed by atoms with van der Waals surface area (Å²) in [5, 5.41) is 15.7. The van der Waals surface area contributed by atoms with E-state index in [4.69, 9.17) is 5.53 Å².